The number of rotatable bonds is 7. The van der Waals surface area contributed by atoms with E-state index in [0.717, 1.165) is 18.8 Å². The summed E-state index contributed by atoms with van der Waals surface area (Å²) >= 11 is 0. The van der Waals surface area contributed by atoms with Gasteiger partial charge in [0.1, 0.15) is 5.75 Å². The molecule has 0 radical (unpaired) electrons. The zero-order valence-corrected chi connectivity index (χ0v) is 15.4. The number of ether oxygens (including phenoxy) is 1. The van der Waals surface area contributed by atoms with Crippen molar-refractivity contribution in [3.8, 4) is 5.75 Å². The van der Waals surface area contributed by atoms with Crippen molar-refractivity contribution in [3.05, 3.63) is 65.7 Å². The highest BCUT2D eigenvalue weighted by atomic mass is 16.5. The first-order chi connectivity index (χ1) is 12.3. The van der Waals surface area contributed by atoms with Gasteiger partial charge in [0.05, 0.1) is 13.2 Å². The molecule has 0 bridgehead atoms. The molecule has 1 heterocycles. The highest BCUT2D eigenvalue weighted by Gasteiger charge is 2.31. The predicted octanol–water partition coefficient (Wildman–Crippen LogP) is 4.40. The van der Waals surface area contributed by atoms with E-state index in [1.54, 1.807) is 7.11 Å². The van der Waals surface area contributed by atoms with E-state index in [-0.39, 0.29) is 0 Å². The van der Waals surface area contributed by atoms with Crippen LogP contribution in [0.3, 0.4) is 0 Å². The van der Waals surface area contributed by atoms with Crippen LogP contribution in [0.15, 0.2) is 54.6 Å². The second kappa shape index (κ2) is 9.02. The number of nitrogens with zero attached hydrogens (tertiary/aromatic N) is 1. The number of piperidine rings is 1. The maximum atomic E-state index is 5.51. The number of nitrogens with one attached hydrogen (secondary N) is 1. The zero-order valence-electron chi connectivity index (χ0n) is 15.4. The summed E-state index contributed by atoms with van der Waals surface area (Å²) in [5.74, 6) is 0.965. The van der Waals surface area contributed by atoms with E-state index in [0.29, 0.717) is 12.1 Å². The van der Waals surface area contributed by atoms with E-state index in [2.05, 4.69) is 59.6 Å². The lowest BCUT2D eigenvalue weighted by Crippen LogP contribution is -2.48. The maximum absolute atomic E-state index is 5.51. The van der Waals surface area contributed by atoms with Crippen LogP contribution in [0.2, 0.25) is 0 Å². The largest absolute Gasteiger partial charge is 0.496 e. The summed E-state index contributed by atoms with van der Waals surface area (Å²) in [5, 5.41) is 3.83. The number of hydrogen-bond acceptors (Lipinski definition) is 3. The molecule has 0 unspecified atom stereocenters. The van der Waals surface area contributed by atoms with Crippen LogP contribution in [0.5, 0.6) is 5.75 Å². The molecule has 3 rings (SSSR count). The summed E-state index contributed by atoms with van der Waals surface area (Å²) in [5.41, 5.74) is 2.65. The SMILES string of the molecule is CCCN1CCC[C@H](NCc2ccccc2OC)[C@@H]1c1ccccc1. The Hall–Kier alpha value is -1.84. The van der Waals surface area contributed by atoms with Crippen molar-refractivity contribution in [2.75, 3.05) is 20.2 Å². The molecule has 0 aromatic heterocycles. The highest BCUT2D eigenvalue weighted by molar-refractivity contribution is 5.33. The molecule has 2 aromatic rings. The molecule has 25 heavy (non-hydrogen) atoms. The van der Waals surface area contributed by atoms with Crippen LogP contribution in [0.4, 0.5) is 0 Å². The highest BCUT2D eigenvalue weighted by Crippen LogP contribution is 2.32. The maximum Gasteiger partial charge on any atom is 0.123 e. The van der Waals surface area contributed by atoms with Gasteiger partial charge < -0.3 is 10.1 Å². The van der Waals surface area contributed by atoms with E-state index in [1.165, 1.54) is 36.9 Å². The monoisotopic (exact) mass is 338 g/mol. The fourth-order valence-corrected chi connectivity index (χ4v) is 4.00. The molecule has 0 spiro atoms. The molecule has 1 fully saturated rings. The van der Waals surface area contributed by atoms with Gasteiger partial charge in [-0.1, -0.05) is 55.5 Å². The molecular formula is C22H30N2O. The Morgan fingerprint density at radius 3 is 2.60 bits per heavy atom. The fourth-order valence-electron chi connectivity index (χ4n) is 4.00. The summed E-state index contributed by atoms with van der Waals surface area (Å²) in [6, 6.07) is 20.2. The van der Waals surface area contributed by atoms with Gasteiger partial charge in [0, 0.05) is 18.2 Å². The Kier molecular flexibility index (Phi) is 6.48. The summed E-state index contributed by atoms with van der Waals surface area (Å²) < 4.78 is 5.51. The van der Waals surface area contributed by atoms with Gasteiger partial charge in [-0.2, -0.15) is 0 Å². The van der Waals surface area contributed by atoms with Crippen molar-refractivity contribution in [2.24, 2.45) is 0 Å². The Labute approximate surface area is 152 Å². The molecular weight excluding hydrogens is 308 g/mol. The predicted molar refractivity (Wildman–Crippen MR) is 104 cm³/mol. The number of likely N-dealkylation sites (tertiary alicyclic amines) is 1. The first-order valence-electron chi connectivity index (χ1n) is 9.47. The van der Waals surface area contributed by atoms with Gasteiger partial charge in [0.15, 0.2) is 0 Å². The molecule has 1 N–H and O–H groups in total. The van der Waals surface area contributed by atoms with Crippen LogP contribution >= 0.6 is 0 Å². The average Bonchev–Trinajstić information content (AvgIpc) is 2.67. The molecule has 1 aliphatic heterocycles. The summed E-state index contributed by atoms with van der Waals surface area (Å²) in [4.78, 5) is 2.65. The van der Waals surface area contributed by atoms with Crippen LogP contribution in [0, 0.1) is 0 Å². The molecule has 2 aromatic carbocycles. The summed E-state index contributed by atoms with van der Waals surface area (Å²) in [6.07, 6.45) is 3.67. The normalized spacial score (nSPS) is 21.2. The molecule has 1 saturated heterocycles. The third kappa shape index (κ3) is 4.42. The van der Waals surface area contributed by atoms with E-state index >= 15 is 0 Å². The fraction of sp³-hybridized carbons (Fsp3) is 0.455. The van der Waals surface area contributed by atoms with Gasteiger partial charge in [-0.05, 0) is 44.0 Å². The number of benzene rings is 2. The van der Waals surface area contributed by atoms with Crippen molar-refractivity contribution < 1.29 is 4.74 Å². The lowest BCUT2D eigenvalue weighted by Gasteiger charge is -2.42. The lowest BCUT2D eigenvalue weighted by molar-refractivity contribution is 0.111. The van der Waals surface area contributed by atoms with E-state index in [4.69, 9.17) is 4.74 Å². The smallest absolute Gasteiger partial charge is 0.123 e. The van der Waals surface area contributed by atoms with Crippen molar-refractivity contribution in [3.63, 3.8) is 0 Å². The van der Waals surface area contributed by atoms with Crippen LogP contribution in [-0.4, -0.2) is 31.1 Å². The second-order valence-electron chi connectivity index (χ2n) is 6.83. The second-order valence-corrected chi connectivity index (χ2v) is 6.83. The molecule has 0 aliphatic carbocycles. The Bertz CT molecular complexity index is 641. The Balaban J connectivity index is 1.77. The van der Waals surface area contributed by atoms with Gasteiger partial charge in [0.2, 0.25) is 0 Å². The Morgan fingerprint density at radius 2 is 1.84 bits per heavy atom. The van der Waals surface area contributed by atoms with Gasteiger partial charge in [-0.25, -0.2) is 0 Å². The van der Waals surface area contributed by atoms with Crippen LogP contribution in [0.1, 0.15) is 43.4 Å². The zero-order chi connectivity index (χ0) is 17.5. The first-order valence-corrected chi connectivity index (χ1v) is 9.47. The third-order valence-corrected chi connectivity index (χ3v) is 5.13. The molecule has 134 valence electrons. The molecule has 0 saturated carbocycles. The van der Waals surface area contributed by atoms with Gasteiger partial charge >= 0.3 is 0 Å². The molecule has 0 amide bonds. The minimum atomic E-state index is 0.449. The van der Waals surface area contributed by atoms with E-state index < -0.39 is 0 Å². The molecule has 1 aliphatic rings. The van der Waals surface area contributed by atoms with Crippen molar-refractivity contribution >= 4 is 0 Å². The molecule has 3 heteroatoms. The number of para-hydroxylation sites is 1. The lowest BCUT2D eigenvalue weighted by atomic mass is 9.90. The van der Waals surface area contributed by atoms with E-state index in [1.807, 2.05) is 12.1 Å². The van der Waals surface area contributed by atoms with Crippen LogP contribution < -0.4 is 10.1 Å². The van der Waals surface area contributed by atoms with Crippen molar-refractivity contribution in [2.45, 2.75) is 44.8 Å². The first kappa shape index (κ1) is 18.0. The number of hydrogen-bond donors (Lipinski definition) is 1. The minimum Gasteiger partial charge on any atom is -0.496 e. The average molecular weight is 338 g/mol. The quantitative estimate of drug-likeness (QED) is 0.810. The molecule has 2 atom stereocenters. The van der Waals surface area contributed by atoms with Crippen LogP contribution in [-0.2, 0) is 6.54 Å². The summed E-state index contributed by atoms with van der Waals surface area (Å²) in [6.45, 7) is 5.47. The number of methoxy groups -OCH3 is 1. The topological polar surface area (TPSA) is 24.5 Å². The van der Waals surface area contributed by atoms with E-state index in [9.17, 15) is 0 Å². The van der Waals surface area contributed by atoms with Gasteiger partial charge in [-0.15, -0.1) is 0 Å². The van der Waals surface area contributed by atoms with Crippen LogP contribution in [0.25, 0.3) is 0 Å². The van der Waals surface area contributed by atoms with Crippen molar-refractivity contribution in [1.82, 2.24) is 10.2 Å². The summed E-state index contributed by atoms with van der Waals surface area (Å²) in [7, 11) is 1.75. The standard InChI is InChI=1S/C22H30N2O/c1-3-15-24-16-9-13-20(22(24)18-10-5-4-6-11-18)23-17-19-12-7-8-14-21(19)25-2/h4-8,10-12,14,20,22-23H,3,9,13,15-17H2,1-2H3/t20-,22-/m0/s1. The van der Waals surface area contributed by atoms with Crippen molar-refractivity contribution in [1.29, 1.82) is 0 Å². The van der Waals surface area contributed by atoms with Gasteiger partial charge in [0.25, 0.3) is 0 Å². The minimum absolute atomic E-state index is 0.449. The third-order valence-electron chi connectivity index (χ3n) is 5.13. The molecule has 3 nitrogen and oxygen atoms in total. The Morgan fingerprint density at radius 1 is 1.08 bits per heavy atom. The van der Waals surface area contributed by atoms with Gasteiger partial charge in [-0.3, -0.25) is 4.90 Å².